The zero-order chi connectivity index (χ0) is 15.4. The fourth-order valence-electron chi connectivity index (χ4n) is 1.81. The van der Waals surface area contributed by atoms with Gasteiger partial charge >= 0.3 is 5.69 Å². The Morgan fingerprint density at radius 3 is 2.67 bits per heavy atom. The smallest absolute Gasteiger partial charge is 0.372 e. The fraction of sp³-hybridized carbons (Fsp3) is 0.714. The summed E-state index contributed by atoms with van der Waals surface area (Å²) in [5, 5.41) is 14.5. The fourth-order valence-corrected chi connectivity index (χ4v) is 1.81. The second kappa shape index (κ2) is 6.69. The predicted molar refractivity (Wildman–Crippen MR) is 79.8 cm³/mol. The Morgan fingerprint density at radius 2 is 2.14 bits per heavy atom. The van der Waals surface area contributed by atoms with E-state index in [4.69, 9.17) is 4.74 Å². The number of nitrogens with zero attached hydrogens (tertiary/aromatic N) is 3. The van der Waals surface area contributed by atoms with Crippen molar-refractivity contribution in [3.05, 3.63) is 15.9 Å². The second-order valence-corrected chi connectivity index (χ2v) is 5.62. The molecular formula is C14H22N4O3. The van der Waals surface area contributed by atoms with Crippen LogP contribution in [0.1, 0.15) is 58.2 Å². The highest BCUT2D eigenvalue weighted by Crippen LogP contribution is 2.36. The summed E-state index contributed by atoms with van der Waals surface area (Å²) in [6.45, 7) is 6.38. The van der Waals surface area contributed by atoms with Gasteiger partial charge in [0.15, 0.2) is 0 Å². The summed E-state index contributed by atoms with van der Waals surface area (Å²) in [6, 6.07) is 0.280. The number of hydrogen-bond donors (Lipinski definition) is 1. The first-order chi connectivity index (χ1) is 10.0. The lowest BCUT2D eigenvalue weighted by atomic mass is 10.2. The van der Waals surface area contributed by atoms with E-state index in [0.717, 1.165) is 25.7 Å². The van der Waals surface area contributed by atoms with Gasteiger partial charge in [0.1, 0.15) is 5.82 Å². The number of ether oxygens (including phenoxy) is 1. The molecule has 0 atom stereocenters. The van der Waals surface area contributed by atoms with Gasteiger partial charge in [-0.3, -0.25) is 10.1 Å². The average Bonchev–Trinajstić information content (AvgIpc) is 3.22. The molecule has 0 aromatic carbocycles. The van der Waals surface area contributed by atoms with Gasteiger partial charge < -0.3 is 10.1 Å². The Kier molecular flexibility index (Phi) is 4.93. The molecule has 21 heavy (non-hydrogen) atoms. The van der Waals surface area contributed by atoms with Crippen LogP contribution in [-0.4, -0.2) is 27.5 Å². The first-order valence-electron chi connectivity index (χ1n) is 7.48. The van der Waals surface area contributed by atoms with Crippen LogP contribution in [-0.2, 0) is 0 Å². The molecule has 1 heterocycles. The Balaban J connectivity index is 2.36. The third-order valence-corrected chi connectivity index (χ3v) is 3.22. The van der Waals surface area contributed by atoms with Crippen molar-refractivity contribution in [1.82, 2.24) is 9.97 Å². The minimum atomic E-state index is -0.462. The van der Waals surface area contributed by atoms with E-state index in [9.17, 15) is 10.1 Å². The van der Waals surface area contributed by atoms with Gasteiger partial charge in [0.05, 0.1) is 11.5 Å². The molecule has 7 heteroatoms. The van der Waals surface area contributed by atoms with Crippen LogP contribution >= 0.6 is 0 Å². The van der Waals surface area contributed by atoms with Crippen molar-refractivity contribution in [2.24, 2.45) is 0 Å². The quantitative estimate of drug-likeness (QED) is 0.449. The molecule has 2 rings (SSSR count). The largest absolute Gasteiger partial charge is 0.473 e. The van der Waals surface area contributed by atoms with Crippen LogP contribution in [0.15, 0.2) is 0 Å². The minimum absolute atomic E-state index is 0.0790. The Labute approximate surface area is 124 Å². The molecule has 0 spiro atoms. The molecule has 1 aromatic heterocycles. The molecule has 1 aliphatic carbocycles. The van der Waals surface area contributed by atoms with Crippen LogP contribution in [0.5, 0.6) is 5.88 Å². The van der Waals surface area contributed by atoms with Crippen LogP contribution in [0, 0.1) is 10.1 Å². The van der Waals surface area contributed by atoms with E-state index in [-0.39, 0.29) is 29.3 Å². The van der Waals surface area contributed by atoms with Crippen molar-refractivity contribution < 1.29 is 9.66 Å². The predicted octanol–water partition coefficient (Wildman–Crippen LogP) is 3.26. The van der Waals surface area contributed by atoms with Crippen LogP contribution in [0.2, 0.25) is 0 Å². The topological polar surface area (TPSA) is 90.2 Å². The first kappa shape index (κ1) is 15.5. The van der Waals surface area contributed by atoms with E-state index < -0.39 is 4.92 Å². The van der Waals surface area contributed by atoms with Crippen molar-refractivity contribution in [2.45, 2.75) is 58.4 Å². The molecule has 7 nitrogen and oxygen atoms in total. The number of nitrogens with one attached hydrogen (secondary N) is 1. The van der Waals surface area contributed by atoms with Gasteiger partial charge in [0, 0.05) is 12.0 Å². The molecule has 116 valence electrons. The average molecular weight is 294 g/mol. The molecule has 1 aromatic rings. The molecule has 0 aliphatic heterocycles. The highest BCUT2D eigenvalue weighted by molar-refractivity contribution is 5.62. The lowest BCUT2D eigenvalue weighted by Crippen LogP contribution is -2.13. The van der Waals surface area contributed by atoms with E-state index in [2.05, 4.69) is 15.3 Å². The maximum atomic E-state index is 11.4. The van der Waals surface area contributed by atoms with Gasteiger partial charge in [0.2, 0.25) is 5.82 Å². The Bertz CT molecular complexity index is 515. The number of anilines is 1. The zero-order valence-electron chi connectivity index (χ0n) is 12.8. The number of hydrogen-bond acceptors (Lipinski definition) is 6. The molecule has 0 unspecified atom stereocenters. The highest BCUT2D eigenvalue weighted by Gasteiger charge is 2.31. The Morgan fingerprint density at radius 1 is 1.43 bits per heavy atom. The van der Waals surface area contributed by atoms with E-state index in [1.807, 2.05) is 20.8 Å². The van der Waals surface area contributed by atoms with Crippen LogP contribution in [0.25, 0.3) is 0 Å². The molecule has 0 amide bonds. The number of nitro groups is 1. The second-order valence-electron chi connectivity index (χ2n) is 5.62. The van der Waals surface area contributed by atoms with Crippen molar-refractivity contribution >= 4 is 11.5 Å². The first-order valence-corrected chi connectivity index (χ1v) is 7.48. The normalized spacial score (nSPS) is 14.3. The van der Waals surface area contributed by atoms with E-state index in [1.165, 1.54) is 0 Å². The summed E-state index contributed by atoms with van der Waals surface area (Å²) in [7, 11) is 0. The number of aromatic nitrogens is 2. The molecule has 1 aliphatic rings. The summed E-state index contributed by atoms with van der Waals surface area (Å²) in [6.07, 6.45) is 3.83. The van der Waals surface area contributed by atoms with Crippen molar-refractivity contribution in [2.75, 3.05) is 11.9 Å². The van der Waals surface area contributed by atoms with Crippen LogP contribution in [0.4, 0.5) is 11.5 Å². The van der Waals surface area contributed by atoms with Gasteiger partial charge in [0.25, 0.3) is 5.88 Å². The van der Waals surface area contributed by atoms with Gasteiger partial charge in [-0.1, -0.05) is 27.2 Å². The molecular weight excluding hydrogens is 272 g/mol. The standard InChI is InChI=1S/C14H22N4O3/c1-4-5-8-21-14-11(18(19)20)13(15-10-6-7-10)16-12(17-14)9(2)3/h9-10H,4-8H2,1-3H3,(H,15,16,17). The van der Waals surface area contributed by atoms with E-state index in [0.29, 0.717) is 12.4 Å². The Hall–Kier alpha value is -1.92. The maximum Gasteiger partial charge on any atom is 0.372 e. The van der Waals surface area contributed by atoms with Gasteiger partial charge in [-0.2, -0.15) is 4.98 Å². The lowest BCUT2D eigenvalue weighted by molar-refractivity contribution is -0.385. The lowest BCUT2D eigenvalue weighted by Gasteiger charge is -2.12. The summed E-state index contributed by atoms with van der Waals surface area (Å²) < 4.78 is 5.54. The SMILES string of the molecule is CCCCOc1nc(C(C)C)nc(NC2CC2)c1[N+](=O)[O-]. The molecule has 1 N–H and O–H groups in total. The van der Waals surface area contributed by atoms with Gasteiger partial charge in [-0.25, -0.2) is 4.98 Å². The molecule has 0 radical (unpaired) electrons. The third-order valence-electron chi connectivity index (χ3n) is 3.22. The molecule has 1 saturated carbocycles. The summed E-state index contributed by atoms with van der Waals surface area (Å²) >= 11 is 0. The monoisotopic (exact) mass is 294 g/mol. The molecule has 0 saturated heterocycles. The molecule has 1 fully saturated rings. The summed E-state index contributed by atoms with van der Waals surface area (Å²) in [5.74, 6) is 1.01. The highest BCUT2D eigenvalue weighted by atomic mass is 16.6. The van der Waals surface area contributed by atoms with Gasteiger partial charge in [-0.05, 0) is 19.3 Å². The number of rotatable bonds is 8. The molecule has 0 bridgehead atoms. The van der Waals surface area contributed by atoms with Crippen LogP contribution in [0.3, 0.4) is 0 Å². The minimum Gasteiger partial charge on any atom is -0.473 e. The summed E-state index contributed by atoms with van der Waals surface area (Å²) in [4.78, 5) is 19.5. The van der Waals surface area contributed by atoms with E-state index >= 15 is 0 Å². The van der Waals surface area contributed by atoms with E-state index in [1.54, 1.807) is 0 Å². The van der Waals surface area contributed by atoms with Crippen molar-refractivity contribution in [3.63, 3.8) is 0 Å². The van der Waals surface area contributed by atoms with Crippen LogP contribution < -0.4 is 10.1 Å². The zero-order valence-corrected chi connectivity index (χ0v) is 12.8. The maximum absolute atomic E-state index is 11.4. The van der Waals surface area contributed by atoms with Crippen molar-refractivity contribution in [3.8, 4) is 5.88 Å². The third kappa shape index (κ3) is 4.03. The van der Waals surface area contributed by atoms with Gasteiger partial charge in [-0.15, -0.1) is 0 Å². The van der Waals surface area contributed by atoms with Crippen molar-refractivity contribution in [1.29, 1.82) is 0 Å². The summed E-state index contributed by atoms with van der Waals surface area (Å²) in [5.41, 5.74) is -0.151. The number of unbranched alkanes of at least 4 members (excludes halogenated alkanes) is 1.